The van der Waals surface area contributed by atoms with Crippen LogP contribution in [0, 0.1) is 11.3 Å². The number of piperazine rings is 1. The summed E-state index contributed by atoms with van der Waals surface area (Å²) in [6.07, 6.45) is 1.16. The van der Waals surface area contributed by atoms with Crippen LogP contribution in [-0.4, -0.2) is 49.1 Å². The van der Waals surface area contributed by atoms with Crippen LogP contribution >= 0.6 is 0 Å². The number of benzene rings is 2. The molecule has 1 aliphatic rings. The number of hydrogen-bond donors (Lipinski definition) is 1. The first-order chi connectivity index (χ1) is 12.8. The molecule has 1 N–H and O–H groups in total. The quantitative estimate of drug-likeness (QED) is 0.745. The molecule has 4 nitrogen and oxygen atoms in total. The maximum absolute atomic E-state index is 8.94. The van der Waals surface area contributed by atoms with Crippen molar-refractivity contribution in [3.05, 3.63) is 71.3 Å². The highest BCUT2D eigenvalue weighted by atomic mass is 15.3. The Morgan fingerprint density at radius 1 is 0.885 bits per heavy atom. The third-order valence-corrected chi connectivity index (χ3v) is 4.93. The van der Waals surface area contributed by atoms with Crippen LogP contribution in [0.4, 0.5) is 0 Å². The smallest absolute Gasteiger partial charge is 0.0991 e. The van der Waals surface area contributed by atoms with E-state index in [1.54, 1.807) is 0 Å². The van der Waals surface area contributed by atoms with Crippen molar-refractivity contribution in [1.29, 1.82) is 5.26 Å². The highest BCUT2D eigenvalue weighted by molar-refractivity contribution is 5.32. The van der Waals surface area contributed by atoms with Crippen molar-refractivity contribution in [3.63, 3.8) is 0 Å². The zero-order chi connectivity index (χ0) is 18.0. The fraction of sp³-hybridized carbons (Fsp3) is 0.409. The van der Waals surface area contributed by atoms with E-state index in [1.165, 1.54) is 11.1 Å². The summed E-state index contributed by atoms with van der Waals surface area (Å²) in [4.78, 5) is 5.12. The van der Waals surface area contributed by atoms with Crippen LogP contribution in [0.3, 0.4) is 0 Å². The molecule has 0 saturated carbocycles. The minimum atomic E-state index is 0.734. The average molecular weight is 348 g/mol. The van der Waals surface area contributed by atoms with Gasteiger partial charge in [-0.05, 0) is 42.8 Å². The van der Waals surface area contributed by atoms with E-state index < -0.39 is 0 Å². The summed E-state index contributed by atoms with van der Waals surface area (Å²) in [5.41, 5.74) is 3.32. The van der Waals surface area contributed by atoms with E-state index in [0.717, 1.165) is 64.3 Å². The van der Waals surface area contributed by atoms with Crippen LogP contribution in [-0.2, 0) is 13.1 Å². The Labute approximate surface area is 157 Å². The molecule has 136 valence electrons. The molecule has 0 aromatic heterocycles. The van der Waals surface area contributed by atoms with Gasteiger partial charge in [-0.15, -0.1) is 0 Å². The molecule has 0 bridgehead atoms. The number of nitrogens with one attached hydrogen (secondary N) is 1. The van der Waals surface area contributed by atoms with Gasteiger partial charge >= 0.3 is 0 Å². The van der Waals surface area contributed by atoms with Gasteiger partial charge < -0.3 is 10.2 Å². The molecule has 1 aliphatic heterocycles. The van der Waals surface area contributed by atoms with E-state index in [4.69, 9.17) is 5.26 Å². The van der Waals surface area contributed by atoms with Crippen molar-refractivity contribution >= 4 is 0 Å². The highest BCUT2D eigenvalue weighted by Gasteiger charge is 2.16. The summed E-state index contributed by atoms with van der Waals surface area (Å²) in [5.74, 6) is 0. The van der Waals surface area contributed by atoms with Crippen LogP contribution < -0.4 is 5.32 Å². The van der Waals surface area contributed by atoms with Crippen molar-refractivity contribution in [2.75, 3.05) is 39.3 Å². The normalized spacial score (nSPS) is 15.7. The third kappa shape index (κ3) is 5.96. The lowest BCUT2D eigenvalue weighted by Gasteiger charge is -2.34. The molecular formula is C22H28N4. The summed E-state index contributed by atoms with van der Waals surface area (Å²) in [5, 5.41) is 12.4. The van der Waals surface area contributed by atoms with Gasteiger partial charge in [-0.3, -0.25) is 4.90 Å². The topological polar surface area (TPSA) is 42.3 Å². The summed E-state index contributed by atoms with van der Waals surface area (Å²) < 4.78 is 0. The Morgan fingerprint density at radius 3 is 2.38 bits per heavy atom. The Bertz CT molecular complexity index is 700. The molecule has 26 heavy (non-hydrogen) atoms. The Hall–Kier alpha value is -2.19. The predicted molar refractivity (Wildman–Crippen MR) is 106 cm³/mol. The van der Waals surface area contributed by atoms with Gasteiger partial charge in [0.25, 0.3) is 0 Å². The van der Waals surface area contributed by atoms with E-state index in [1.807, 2.05) is 18.2 Å². The first-order valence-corrected chi connectivity index (χ1v) is 9.52. The van der Waals surface area contributed by atoms with Crippen molar-refractivity contribution in [2.24, 2.45) is 0 Å². The summed E-state index contributed by atoms with van der Waals surface area (Å²) in [6.45, 7) is 8.71. The molecule has 4 heteroatoms. The molecular weight excluding hydrogens is 320 g/mol. The molecule has 0 atom stereocenters. The molecule has 1 heterocycles. The number of nitriles is 1. The maximum atomic E-state index is 8.94. The lowest BCUT2D eigenvalue weighted by Crippen LogP contribution is -2.46. The van der Waals surface area contributed by atoms with Gasteiger partial charge in [0.15, 0.2) is 0 Å². The molecule has 0 radical (unpaired) electrons. The third-order valence-electron chi connectivity index (χ3n) is 4.93. The van der Waals surface area contributed by atoms with Gasteiger partial charge in [0.1, 0.15) is 0 Å². The van der Waals surface area contributed by atoms with Gasteiger partial charge in [-0.2, -0.15) is 5.26 Å². The molecule has 1 saturated heterocycles. The molecule has 2 aromatic rings. The molecule has 0 unspecified atom stereocenters. The Morgan fingerprint density at radius 2 is 1.62 bits per heavy atom. The molecule has 3 rings (SSSR count). The second-order valence-electron chi connectivity index (χ2n) is 6.95. The van der Waals surface area contributed by atoms with Gasteiger partial charge in [0.05, 0.1) is 11.6 Å². The summed E-state index contributed by atoms with van der Waals surface area (Å²) >= 11 is 0. The average Bonchev–Trinajstić information content (AvgIpc) is 2.70. The fourth-order valence-corrected chi connectivity index (χ4v) is 3.42. The SMILES string of the molecule is N#Cc1cccc(CNCCCN2CCN(Cc3ccccc3)CC2)c1. The predicted octanol–water partition coefficient (Wildman–Crippen LogP) is 2.86. The first kappa shape index (κ1) is 18.6. The molecule has 0 amide bonds. The van der Waals surface area contributed by atoms with Crippen LogP contribution in [0.15, 0.2) is 54.6 Å². The number of rotatable bonds is 8. The summed E-state index contributed by atoms with van der Waals surface area (Å²) in [6, 6.07) is 20.8. The van der Waals surface area contributed by atoms with E-state index in [9.17, 15) is 0 Å². The minimum absolute atomic E-state index is 0.734. The van der Waals surface area contributed by atoms with Crippen LogP contribution in [0.1, 0.15) is 23.1 Å². The van der Waals surface area contributed by atoms with E-state index >= 15 is 0 Å². The van der Waals surface area contributed by atoms with Crippen molar-refractivity contribution in [2.45, 2.75) is 19.5 Å². The van der Waals surface area contributed by atoms with Crippen LogP contribution in [0.25, 0.3) is 0 Å². The monoisotopic (exact) mass is 348 g/mol. The fourth-order valence-electron chi connectivity index (χ4n) is 3.42. The molecule has 0 spiro atoms. The van der Waals surface area contributed by atoms with Crippen LogP contribution in [0.5, 0.6) is 0 Å². The number of hydrogen-bond acceptors (Lipinski definition) is 4. The molecule has 1 fully saturated rings. The molecule has 2 aromatic carbocycles. The highest BCUT2D eigenvalue weighted by Crippen LogP contribution is 2.08. The van der Waals surface area contributed by atoms with Gasteiger partial charge in [-0.25, -0.2) is 0 Å². The Balaban J connectivity index is 1.28. The van der Waals surface area contributed by atoms with Gasteiger partial charge in [-0.1, -0.05) is 42.5 Å². The van der Waals surface area contributed by atoms with Crippen LogP contribution in [0.2, 0.25) is 0 Å². The van der Waals surface area contributed by atoms with Crippen molar-refractivity contribution in [3.8, 4) is 6.07 Å². The van der Waals surface area contributed by atoms with Crippen molar-refractivity contribution < 1.29 is 0 Å². The largest absolute Gasteiger partial charge is 0.313 e. The van der Waals surface area contributed by atoms with Gasteiger partial charge in [0, 0.05) is 39.3 Å². The summed E-state index contributed by atoms with van der Waals surface area (Å²) in [7, 11) is 0. The second-order valence-corrected chi connectivity index (χ2v) is 6.95. The van der Waals surface area contributed by atoms with Gasteiger partial charge in [0.2, 0.25) is 0 Å². The van der Waals surface area contributed by atoms with Crippen molar-refractivity contribution in [1.82, 2.24) is 15.1 Å². The lowest BCUT2D eigenvalue weighted by atomic mass is 10.1. The minimum Gasteiger partial charge on any atom is -0.313 e. The first-order valence-electron chi connectivity index (χ1n) is 9.52. The van der Waals surface area contributed by atoms with E-state index in [2.05, 4.69) is 57.6 Å². The molecule has 0 aliphatic carbocycles. The zero-order valence-corrected chi connectivity index (χ0v) is 15.4. The van der Waals surface area contributed by atoms with E-state index in [0.29, 0.717) is 0 Å². The zero-order valence-electron chi connectivity index (χ0n) is 15.4. The van der Waals surface area contributed by atoms with E-state index in [-0.39, 0.29) is 0 Å². The maximum Gasteiger partial charge on any atom is 0.0991 e. The Kier molecular flexibility index (Phi) is 7.21. The number of nitrogens with zero attached hydrogens (tertiary/aromatic N) is 3. The lowest BCUT2D eigenvalue weighted by molar-refractivity contribution is 0.126. The standard InChI is InChI=1S/C22H28N4/c23-17-21-8-4-9-22(16-21)18-24-10-5-11-25-12-14-26(15-13-25)19-20-6-2-1-3-7-20/h1-4,6-9,16,24H,5,10-15,18-19H2. The second kappa shape index (κ2) is 10.1.